The Hall–Kier alpha value is -2.79. The molecule has 1 aromatic carbocycles. The third-order valence-electron chi connectivity index (χ3n) is 3.70. The van der Waals surface area contributed by atoms with Gasteiger partial charge in [-0.3, -0.25) is 14.9 Å². The van der Waals surface area contributed by atoms with E-state index in [0.29, 0.717) is 9.91 Å². The van der Waals surface area contributed by atoms with E-state index >= 15 is 0 Å². The lowest BCUT2D eigenvalue weighted by Crippen LogP contribution is -2.38. The molecule has 0 N–H and O–H groups in total. The van der Waals surface area contributed by atoms with Gasteiger partial charge in [-0.15, -0.1) is 11.3 Å². The molecule has 0 spiro atoms. The molecule has 0 radical (unpaired) electrons. The molecular formula is C17H12F3N3O3S2. The fourth-order valence-electron chi connectivity index (χ4n) is 2.50. The van der Waals surface area contributed by atoms with Crippen LogP contribution in [0, 0.1) is 10.1 Å². The van der Waals surface area contributed by atoms with Crippen molar-refractivity contribution in [2.75, 3.05) is 6.54 Å². The molecule has 28 heavy (non-hydrogen) atoms. The zero-order chi connectivity index (χ0) is 20.3. The molecule has 11 heteroatoms. The number of para-hydroxylation sites is 1. The normalized spacial score (nSPS) is 11.4. The first-order chi connectivity index (χ1) is 13.2. The Kier molecular flexibility index (Phi) is 5.75. The number of thiazole rings is 1. The minimum absolute atomic E-state index is 0.0124. The molecule has 3 aromatic rings. The van der Waals surface area contributed by atoms with E-state index < -0.39 is 30.1 Å². The number of rotatable bonds is 6. The van der Waals surface area contributed by atoms with Crippen molar-refractivity contribution in [3.8, 4) is 10.6 Å². The molecule has 2 heterocycles. The van der Waals surface area contributed by atoms with Gasteiger partial charge >= 0.3 is 6.18 Å². The Morgan fingerprint density at radius 3 is 2.61 bits per heavy atom. The molecule has 0 unspecified atom stereocenters. The van der Waals surface area contributed by atoms with Gasteiger partial charge in [-0.2, -0.15) is 24.5 Å². The van der Waals surface area contributed by atoms with Gasteiger partial charge in [0.15, 0.2) is 0 Å². The molecule has 0 bridgehead atoms. The summed E-state index contributed by atoms with van der Waals surface area (Å²) in [6.45, 7) is -2.09. The molecular weight excluding hydrogens is 415 g/mol. The van der Waals surface area contributed by atoms with E-state index in [2.05, 4.69) is 4.98 Å². The van der Waals surface area contributed by atoms with E-state index in [0.717, 1.165) is 16.9 Å². The Labute approximate surface area is 165 Å². The van der Waals surface area contributed by atoms with Gasteiger partial charge in [0.05, 0.1) is 11.5 Å². The second-order valence-electron chi connectivity index (χ2n) is 5.71. The summed E-state index contributed by atoms with van der Waals surface area (Å²) in [5.74, 6) is -0.937. The fraction of sp³-hybridized carbons (Fsp3) is 0.176. The zero-order valence-corrected chi connectivity index (χ0v) is 15.7. The molecule has 3 rings (SSSR count). The number of hydrogen-bond acceptors (Lipinski definition) is 6. The van der Waals surface area contributed by atoms with Gasteiger partial charge in [-0.05, 0) is 11.4 Å². The molecule has 0 atom stereocenters. The molecule has 146 valence electrons. The maximum atomic E-state index is 13.0. The maximum Gasteiger partial charge on any atom is 0.406 e. The third-order valence-corrected chi connectivity index (χ3v) is 5.27. The minimum atomic E-state index is -4.66. The number of nitrogens with zero attached hydrogens (tertiary/aromatic N) is 3. The molecule has 0 aliphatic rings. The van der Waals surface area contributed by atoms with Crippen LogP contribution in [0.5, 0.6) is 0 Å². The molecule has 1 amide bonds. The van der Waals surface area contributed by atoms with Gasteiger partial charge < -0.3 is 4.90 Å². The number of benzene rings is 1. The maximum absolute atomic E-state index is 13.0. The molecule has 0 aliphatic heterocycles. The smallest absolute Gasteiger partial charge is 0.324 e. The third kappa shape index (κ3) is 4.73. The summed E-state index contributed by atoms with van der Waals surface area (Å²) in [6.07, 6.45) is -4.66. The van der Waals surface area contributed by atoms with Crippen LogP contribution in [-0.4, -0.2) is 33.4 Å². The second-order valence-corrected chi connectivity index (χ2v) is 7.35. The number of aromatic nitrogens is 1. The van der Waals surface area contributed by atoms with Crippen LogP contribution in [0.4, 0.5) is 18.9 Å². The van der Waals surface area contributed by atoms with Crippen LogP contribution in [0.15, 0.2) is 46.5 Å². The first-order valence-electron chi connectivity index (χ1n) is 7.81. The highest BCUT2D eigenvalue weighted by molar-refractivity contribution is 7.14. The lowest BCUT2D eigenvalue weighted by Gasteiger charge is -2.23. The van der Waals surface area contributed by atoms with E-state index in [1.807, 2.05) is 10.8 Å². The van der Waals surface area contributed by atoms with Crippen LogP contribution in [0.3, 0.4) is 0 Å². The van der Waals surface area contributed by atoms with Crippen molar-refractivity contribution in [3.05, 3.63) is 67.8 Å². The largest absolute Gasteiger partial charge is 0.406 e. The summed E-state index contributed by atoms with van der Waals surface area (Å²) in [7, 11) is 0. The molecule has 0 fully saturated rings. The topological polar surface area (TPSA) is 76.3 Å². The number of hydrogen-bond donors (Lipinski definition) is 0. The number of carbonyl (C=O) groups excluding carboxylic acids is 1. The number of alkyl halides is 3. The number of thiophene rings is 1. The zero-order valence-electron chi connectivity index (χ0n) is 14.0. The van der Waals surface area contributed by atoms with E-state index in [1.165, 1.54) is 41.0 Å². The molecule has 0 aliphatic carbocycles. The van der Waals surface area contributed by atoms with Crippen molar-refractivity contribution >= 4 is 34.3 Å². The van der Waals surface area contributed by atoms with E-state index in [9.17, 15) is 28.1 Å². The van der Waals surface area contributed by atoms with E-state index in [-0.39, 0.29) is 16.9 Å². The van der Waals surface area contributed by atoms with Crippen LogP contribution in [0.2, 0.25) is 0 Å². The van der Waals surface area contributed by atoms with Crippen molar-refractivity contribution in [3.63, 3.8) is 0 Å². The van der Waals surface area contributed by atoms with Gasteiger partial charge in [0, 0.05) is 28.0 Å². The number of nitro benzene ring substituents is 1. The second kappa shape index (κ2) is 8.07. The van der Waals surface area contributed by atoms with Gasteiger partial charge in [-0.25, -0.2) is 4.98 Å². The summed E-state index contributed by atoms with van der Waals surface area (Å²) < 4.78 is 39.1. The lowest BCUT2D eigenvalue weighted by atomic mass is 10.1. The molecule has 2 aromatic heterocycles. The van der Waals surface area contributed by atoms with Gasteiger partial charge in [0.25, 0.3) is 11.6 Å². The Bertz CT molecular complexity index is 987. The average Bonchev–Trinajstić information content (AvgIpc) is 3.31. The van der Waals surface area contributed by atoms with Crippen LogP contribution in [-0.2, 0) is 6.54 Å². The minimum Gasteiger partial charge on any atom is -0.324 e. The lowest BCUT2D eigenvalue weighted by molar-refractivity contribution is -0.385. The highest BCUT2D eigenvalue weighted by atomic mass is 32.1. The van der Waals surface area contributed by atoms with Crippen LogP contribution in [0.1, 0.15) is 16.1 Å². The summed E-state index contributed by atoms with van der Waals surface area (Å²) >= 11 is 2.57. The number of carbonyl (C=O) groups is 1. The number of amides is 1. The summed E-state index contributed by atoms with van der Waals surface area (Å²) in [6, 6.07) is 7.18. The highest BCUT2D eigenvalue weighted by Gasteiger charge is 2.35. The van der Waals surface area contributed by atoms with Crippen LogP contribution >= 0.6 is 22.7 Å². The highest BCUT2D eigenvalue weighted by Crippen LogP contribution is 2.28. The molecule has 0 saturated heterocycles. The van der Waals surface area contributed by atoms with Gasteiger partial charge in [-0.1, -0.05) is 18.2 Å². The van der Waals surface area contributed by atoms with Crippen molar-refractivity contribution in [2.24, 2.45) is 0 Å². The van der Waals surface area contributed by atoms with Gasteiger partial charge in [0.2, 0.25) is 0 Å². The first kappa shape index (κ1) is 20.0. The van der Waals surface area contributed by atoms with Crippen molar-refractivity contribution in [2.45, 2.75) is 12.7 Å². The van der Waals surface area contributed by atoms with Gasteiger partial charge in [0.1, 0.15) is 17.2 Å². The predicted molar refractivity (Wildman–Crippen MR) is 99.3 cm³/mol. The fourth-order valence-corrected chi connectivity index (χ4v) is 4.00. The monoisotopic (exact) mass is 427 g/mol. The van der Waals surface area contributed by atoms with Crippen molar-refractivity contribution in [1.82, 2.24) is 9.88 Å². The average molecular weight is 427 g/mol. The summed E-state index contributed by atoms with van der Waals surface area (Å²) in [5, 5.41) is 16.7. The van der Waals surface area contributed by atoms with Crippen LogP contribution in [0.25, 0.3) is 10.6 Å². The molecule has 6 nitrogen and oxygen atoms in total. The predicted octanol–water partition coefficient (Wildman–Crippen LogP) is 4.98. The standard InChI is InChI=1S/C17H12F3N3O3S2/c18-17(19,20)10-22(7-11-3-1-2-4-14(11)23(25)26)16(24)13-9-28-15(21-13)12-5-6-27-8-12/h1-6,8-9H,7,10H2. The summed E-state index contributed by atoms with van der Waals surface area (Å²) in [5.41, 5.74) is 0.308. The first-order valence-corrected chi connectivity index (χ1v) is 9.63. The molecule has 0 saturated carbocycles. The Morgan fingerprint density at radius 1 is 1.21 bits per heavy atom. The number of nitro groups is 1. The Balaban J connectivity index is 1.90. The van der Waals surface area contributed by atoms with Crippen molar-refractivity contribution in [1.29, 1.82) is 0 Å². The van der Waals surface area contributed by atoms with E-state index in [4.69, 9.17) is 0 Å². The summed E-state index contributed by atoms with van der Waals surface area (Å²) in [4.78, 5) is 27.8. The van der Waals surface area contributed by atoms with E-state index in [1.54, 1.807) is 6.07 Å². The number of halogens is 3. The SMILES string of the molecule is O=C(c1csc(-c2ccsc2)n1)N(Cc1ccccc1[N+](=O)[O-])CC(F)(F)F. The Morgan fingerprint density at radius 2 is 1.96 bits per heavy atom. The van der Waals surface area contributed by atoms with Crippen LogP contribution < -0.4 is 0 Å². The quantitative estimate of drug-likeness (QED) is 0.410. The van der Waals surface area contributed by atoms with Crippen molar-refractivity contribution < 1.29 is 22.9 Å².